The van der Waals surface area contributed by atoms with Crippen molar-refractivity contribution in [2.45, 2.75) is 77.9 Å². The van der Waals surface area contributed by atoms with E-state index in [2.05, 4.69) is 10.6 Å². The average Bonchev–Trinajstić information content (AvgIpc) is 3.57. The van der Waals surface area contributed by atoms with E-state index in [1.807, 2.05) is 65.1 Å². The van der Waals surface area contributed by atoms with Crippen LogP contribution >= 0.6 is 11.3 Å². The number of carbonyl (C=O) groups excluding carboxylic acids is 4. The lowest BCUT2D eigenvalue weighted by Crippen LogP contribution is -2.48. The van der Waals surface area contributed by atoms with Gasteiger partial charge in [-0.15, -0.1) is 11.3 Å². The van der Waals surface area contributed by atoms with Gasteiger partial charge in [0.1, 0.15) is 12.2 Å². The van der Waals surface area contributed by atoms with Gasteiger partial charge in [0.2, 0.25) is 17.7 Å². The lowest BCUT2D eigenvalue weighted by molar-refractivity contribution is -0.130. The fraction of sp³-hybridized carbons (Fsp3) is 0.500. The summed E-state index contributed by atoms with van der Waals surface area (Å²) in [7, 11) is 0. The van der Waals surface area contributed by atoms with Gasteiger partial charge in [0.05, 0.1) is 10.2 Å². The molecule has 3 heterocycles. The maximum atomic E-state index is 13.5. The van der Waals surface area contributed by atoms with Crippen LogP contribution < -0.4 is 15.5 Å². The molecule has 0 bridgehead atoms. The van der Waals surface area contributed by atoms with Gasteiger partial charge in [-0.05, 0) is 87.6 Å². The standard InChI is InChI=1S/C32H41N5O4S/c1-4-36(26-7-5-6-21(2)18-26)30(39)20-37-27-14-17-42-29(27)19-28(37)32(41)34-24-10-8-23(9-11-24)31(40)33-25-12-15-35(16-13-25)22(3)38/h5-7,14,17-19,23-25H,4,8-13,15-16,20H2,1-3H3,(H,33,40)(H,34,41). The summed E-state index contributed by atoms with van der Waals surface area (Å²) in [4.78, 5) is 55.1. The van der Waals surface area contributed by atoms with E-state index in [-0.39, 0.29) is 48.2 Å². The molecule has 1 saturated heterocycles. The molecule has 0 unspecified atom stereocenters. The number of amides is 4. The molecule has 0 atom stereocenters. The van der Waals surface area contributed by atoms with E-state index in [1.165, 1.54) is 0 Å². The number of likely N-dealkylation sites (tertiary alicyclic amines) is 1. The minimum Gasteiger partial charge on any atom is -0.353 e. The van der Waals surface area contributed by atoms with E-state index in [4.69, 9.17) is 0 Å². The SMILES string of the molecule is CCN(C(=O)Cn1c(C(=O)NC2CCC(C(=O)NC3CCN(C(C)=O)CC3)CC2)cc2sccc21)c1cccc(C)c1. The molecule has 5 rings (SSSR count). The molecule has 224 valence electrons. The summed E-state index contributed by atoms with van der Waals surface area (Å²) < 4.78 is 2.80. The molecule has 4 amide bonds. The predicted octanol–water partition coefficient (Wildman–Crippen LogP) is 4.48. The summed E-state index contributed by atoms with van der Waals surface area (Å²) in [6, 6.07) is 11.8. The van der Waals surface area contributed by atoms with Crippen LogP contribution in [0.1, 0.15) is 68.4 Å². The van der Waals surface area contributed by atoms with Crippen LogP contribution in [0, 0.1) is 12.8 Å². The van der Waals surface area contributed by atoms with Crippen molar-refractivity contribution in [2.75, 3.05) is 24.5 Å². The molecule has 2 aliphatic rings. The second-order valence-electron chi connectivity index (χ2n) is 11.6. The zero-order chi connectivity index (χ0) is 29.8. The first-order chi connectivity index (χ1) is 20.2. The van der Waals surface area contributed by atoms with Crippen LogP contribution in [0.3, 0.4) is 0 Å². The Hall–Kier alpha value is -3.66. The van der Waals surface area contributed by atoms with Crippen LogP contribution in [0.25, 0.3) is 10.2 Å². The molecule has 1 aromatic carbocycles. The number of rotatable bonds is 8. The number of anilines is 1. The second kappa shape index (κ2) is 13.1. The maximum absolute atomic E-state index is 13.5. The van der Waals surface area contributed by atoms with Crippen molar-refractivity contribution in [3.63, 3.8) is 0 Å². The van der Waals surface area contributed by atoms with Crippen LogP contribution in [-0.2, 0) is 20.9 Å². The molecule has 2 aromatic heterocycles. The number of aromatic nitrogens is 1. The van der Waals surface area contributed by atoms with Crippen LogP contribution in [0.5, 0.6) is 0 Å². The van der Waals surface area contributed by atoms with Crippen molar-refractivity contribution in [3.8, 4) is 0 Å². The Kier molecular flexibility index (Phi) is 9.30. The summed E-state index contributed by atoms with van der Waals surface area (Å²) in [6.45, 7) is 7.53. The molecule has 42 heavy (non-hydrogen) atoms. The number of piperidine rings is 1. The molecule has 0 spiro atoms. The van der Waals surface area contributed by atoms with Gasteiger partial charge in [0.25, 0.3) is 5.91 Å². The van der Waals surface area contributed by atoms with Crippen molar-refractivity contribution in [3.05, 3.63) is 53.0 Å². The van der Waals surface area contributed by atoms with E-state index in [1.54, 1.807) is 23.2 Å². The first-order valence-corrected chi connectivity index (χ1v) is 15.9. The number of nitrogens with zero attached hydrogens (tertiary/aromatic N) is 3. The molecular weight excluding hydrogens is 550 g/mol. The lowest BCUT2D eigenvalue weighted by atomic mass is 9.85. The van der Waals surface area contributed by atoms with E-state index in [0.717, 1.165) is 60.0 Å². The van der Waals surface area contributed by atoms with Gasteiger partial charge in [-0.25, -0.2) is 0 Å². The minimum absolute atomic E-state index is 0.0168. The number of likely N-dealkylation sites (N-methyl/N-ethyl adjacent to an activating group) is 1. The van der Waals surface area contributed by atoms with Crippen LogP contribution in [0.2, 0.25) is 0 Å². The normalized spacial score (nSPS) is 19.5. The highest BCUT2D eigenvalue weighted by Crippen LogP contribution is 2.28. The van der Waals surface area contributed by atoms with Crippen molar-refractivity contribution in [1.82, 2.24) is 20.1 Å². The third kappa shape index (κ3) is 6.69. The Bertz CT molecular complexity index is 1450. The van der Waals surface area contributed by atoms with E-state index >= 15 is 0 Å². The molecule has 1 aliphatic carbocycles. The zero-order valence-electron chi connectivity index (χ0n) is 24.7. The molecule has 2 N–H and O–H groups in total. The molecule has 10 heteroatoms. The average molecular weight is 592 g/mol. The number of thiophene rings is 1. The summed E-state index contributed by atoms with van der Waals surface area (Å²) in [5, 5.41) is 8.36. The van der Waals surface area contributed by atoms with Crippen molar-refractivity contribution >= 4 is 50.9 Å². The molecule has 1 saturated carbocycles. The topological polar surface area (TPSA) is 104 Å². The van der Waals surface area contributed by atoms with Gasteiger partial charge in [-0.2, -0.15) is 0 Å². The van der Waals surface area contributed by atoms with Crippen molar-refractivity contribution in [1.29, 1.82) is 0 Å². The van der Waals surface area contributed by atoms with E-state index < -0.39 is 0 Å². The highest BCUT2D eigenvalue weighted by molar-refractivity contribution is 7.17. The van der Waals surface area contributed by atoms with E-state index in [9.17, 15) is 19.2 Å². The Morgan fingerprint density at radius 2 is 1.67 bits per heavy atom. The minimum atomic E-state index is -0.185. The molecule has 0 radical (unpaired) electrons. The summed E-state index contributed by atoms with van der Waals surface area (Å²) in [6.07, 6.45) is 4.49. The maximum Gasteiger partial charge on any atom is 0.268 e. The van der Waals surface area contributed by atoms with Gasteiger partial charge < -0.3 is 25.0 Å². The number of nitrogens with one attached hydrogen (secondary N) is 2. The van der Waals surface area contributed by atoms with Crippen LogP contribution in [0.4, 0.5) is 5.69 Å². The number of benzene rings is 1. The first-order valence-electron chi connectivity index (χ1n) is 15.0. The van der Waals surface area contributed by atoms with Crippen LogP contribution in [0.15, 0.2) is 41.8 Å². The van der Waals surface area contributed by atoms with Gasteiger partial charge in [0, 0.05) is 50.2 Å². The van der Waals surface area contributed by atoms with Crippen LogP contribution in [-0.4, -0.2) is 64.8 Å². The Balaban J connectivity index is 1.18. The molecule has 2 fully saturated rings. The van der Waals surface area contributed by atoms with Gasteiger partial charge in [-0.3, -0.25) is 19.2 Å². The molecule has 3 aromatic rings. The first kappa shape index (κ1) is 29.8. The molecule has 1 aliphatic heterocycles. The summed E-state index contributed by atoms with van der Waals surface area (Å²) in [5.41, 5.74) is 3.31. The lowest BCUT2D eigenvalue weighted by Gasteiger charge is -2.34. The van der Waals surface area contributed by atoms with E-state index in [0.29, 0.717) is 25.3 Å². The highest BCUT2D eigenvalue weighted by Gasteiger charge is 2.31. The number of carbonyl (C=O) groups is 4. The third-order valence-electron chi connectivity index (χ3n) is 8.70. The summed E-state index contributed by atoms with van der Waals surface area (Å²) >= 11 is 1.55. The molecule has 9 nitrogen and oxygen atoms in total. The smallest absolute Gasteiger partial charge is 0.268 e. The number of hydrogen-bond donors (Lipinski definition) is 2. The second-order valence-corrected chi connectivity index (χ2v) is 12.5. The quantitative estimate of drug-likeness (QED) is 0.403. The fourth-order valence-electron chi connectivity index (χ4n) is 6.27. The summed E-state index contributed by atoms with van der Waals surface area (Å²) in [5.74, 6) is -0.140. The number of aryl methyl sites for hydroxylation is 1. The highest BCUT2D eigenvalue weighted by atomic mass is 32.1. The largest absolute Gasteiger partial charge is 0.353 e. The van der Waals surface area contributed by atoms with Crippen molar-refractivity contribution < 1.29 is 19.2 Å². The van der Waals surface area contributed by atoms with Crippen molar-refractivity contribution in [2.24, 2.45) is 5.92 Å². The van der Waals surface area contributed by atoms with Gasteiger partial charge in [-0.1, -0.05) is 12.1 Å². The third-order valence-corrected chi connectivity index (χ3v) is 9.55. The fourth-order valence-corrected chi connectivity index (χ4v) is 7.09. The van der Waals surface area contributed by atoms with Gasteiger partial charge >= 0.3 is 0 Å². The van der Waals surface area contributed by atoms with Gasteiger partial charge in [0.15, 0.2) is 0 Å². The monoisotopic (exact) mass is 591 g/mol. The Morgan fingerprint density at radius 3 is 2.33 bits per heavy atom. The molecular formula is C32H41N5O4S. The predicted molar refractivity (Wildman–Crippen MR) is 166 cm³/mol. The number of fused-ring (bicyclic) bond motifs is 1. The zero-order valence-corrected chi connectivity index (χ0v) is 25.5. The number of hydrogen-bond acceptors (Lipinski definition) is 5. The Labute approximate surface area is 251 Å². The Morgan fingerprint density at radius 1 is 0.952 bits per heavy atom.